The molecule has 8 heteroatoms. The number of para-hydroxylation sites is 1. The third-order valence-electron chi connectivity index (χ3n) is 4.82. The maximum Gasteiger partial charge on any atom is 0.308 e. The Morgan fingerprint density at radius 2 is 1.58 bits per heavy atom. The van der Waals surface area contributed by atoms with E-state index in [0.29, 0.717) is 44.9 Å². The number of nitrogens with two attached hydrogens (primary N) is 2. The van der Waals surface area contributed by atoms with Gasteiger partial charge in [-0.1, -0.05) is 36.4 Å². The molecule has 1 heterocycles. The van der Waals surface area contributed by atoms with E-state index in [4.69, 9.17) is 27.0 Å². The number of imidazole rings is 1. The predicted octanol–water partition coefficient (Wildman–Crippen LogP) is 3.39. The van der Waals surface area contributed by atoms with Crippen molar-refractivity contribution in [2.75, 3.05) is 0 Å². The number of nitrogen functional groups attached to an aromatic ring is 2. The first-order chi connectivity index (χ1) is 14.8. The zero-order chi connectivity index (χ0) is 22.1. The third kappa shape index (κ3) is 3.86. The number of benzene rings is 3. The van der Waals surface area contributed by atoms with Gasteiger partial charge in [0.15, 0.2) is 0 Å². The van der Waals surface area contributed by atoms with Crippen LogP contribution in [0.3, 0.4) is 0 Å². The topological polar surface area (TPSA) is 155 Å². The fraction of sp³-hybridized carbons (Fsp3) is 0.0435. The van der Waals surface area contributed by atoms with E-state index < -0.39 is 5.97 Å². The second-order valence-corrected chi connectivity index (χ2v) is 7.00. The molecule has 4 aromatic rings. The minimum Gasteiger partial charge on any atom is -0.425 e. The standard InChI is InChI=1S/C23H20N6O2/c1-12(30)31-20-16(13-5-7-14(8-6-13)21(24)25)3-2-4-17(20)23-28-18-10-9-15(22(26)27)11-19(18)29-23/h2-11H,1H3,(H3,24,25)(H3,26,27)(H,28,29). The molecule has 1 aromatic heterocycles. The van der Waals surface area contributed by atoms with Crippen LogP contribution in [0.25, 0.3) is 33.5 Å². The maximum atomic E-state index is 11.9. The Kier molecular flexibility index (Phi) is 4.96. The number of H-pyrrole nitrogens is 1. The van der Waals surface area contributed by atoms with Gasteiger partial charge in [-0.3, -0.25) is 15.6 Å². The Bertz CT molecular complexity index is 1340. The number of aromatic nitrogens is 2. The van der Waals surface area contributed by atoms with Crippen molar-refractivity contribution in [3.63, 3.8) is 0 Å². The summed E-state index contributed by atoms with van der Waals surface area (Å²) in [6.45, 7) is 1.34. The molecule has 0 spiro atoms. The van der Waals surface area contributed by atoms with Gasteiger partial charge in [0.05, 0.1) is 16.6 Å². The Hall–Kier alpha value is -4.46. The Balaban J connectivity index is 1.87. The fourth-order valence-electron chi connectivity index (χ4n) is 3.34. The molecule has 3 aromatic carbocycles. The average Bonchev–Trinajstić information content (AvgIpc) is 3.16. The highest BCUT2D eigenvalue weighted by molar-refractivity contribution is 5.98. The van der Waals surface area contributed by atoms with Crippen LogP contribution < -0.4 is 16.2 Å². The number of carbonyl (C=O) groups excluding carboxylic acids is 1. The lowest BCUT2D eigenvalue weighted by Crippen LogP contribution is -2.10. The summed E-state index contributed by atoms with van der Waals surface area (Å²) in [6, 6.07) is 17.9. The third-order valence-corrected chi connectivity index (χ3v) is 4.82. The van der Waals surface area contributed by atoms with Gasteiger partial charge in [0, 0.05) is 23.6 Å². The summed E-state index contributed by atoms with van der Waals surface area (Å²) >= 11 is 0. The van der Waals surface area contributed by atoms with E-state index in [1.165, 1.54) is 6.92 Å². The van der Waals surface area contributed by atoms with E-state index in [9.17, 15) is 4.79 Å². The van der Waals surface area contributed by atoms with E-state index in [-0.39, 0.29) is 11.7 Å². The number of nitrogens with zero attached hydrogens (tertiary/aromatic N) is 1. The molecule has 0 saturated carbocycles. The van der Waals surface area contributed by atoms with Crippen LogP contribution in [0.2, 0.25) is 0 Å². The highest BCUT2D eigenvalue weighted by atomic mass is 16.5. The number of hydrogen-bond donors (Lipinski definition) is 5. The lowest BCUT2D eigenvalue weighted by atomic mass is 9.99. The molecule has 0 aliphatic rings. The van der Waals surface area contributed by atoms with Crippen LogP contribution in [0.1, 0.15) is 18.1 Å². The molecule has 0 saturated heterocycles. The summed E-state index contributed by atoms with van der Waals surface area (Å²) in [6.07, 6.45) is 0. The maximum absolute atomic E-state index is 11.9. The van der Waals surface area contributed by atoms with Crippen LogP contribution in [0.15, 0.2) is 60.7 Å². The van der Waals surface area contributed by atoms with Crippen molar-refractivity contribution >= 4 is 28.7 Å². The number of esters is 1. The van der Waals surface area contributed by atoms with Gasteiger partial charge in [0.1, 0.15) is 23.2 Å². The van der Waals surface area contributed by atoms with Crippen molar-refractivity contribution in [3.8, 4) is 28.3 Å². The molecular weight excluding hydrogens is 392 g/mol. The van der Waals surface area contributed by atoms with Gasteiger partial charge in [-0.25, -0.2) is 4.98 Å². The molecule has 0 aliphatic carbocycles. The largest absolute Gasteiger partial charge is 0.425 e. The van der Waals surface area contributed by atoms with E-state index in [1.807, 2.05) is 30.3 Å². The van der Waals surface area contributed by atoms with Gasteiger partial charge in [-0.05, 0) is 29.8 Å². The van der Waals surface area contributed by atoms with Crippen LogP contribution in [0.4, 0.5) is 0 Å². The second-order valence-electron chi connectivity index (χ2n) is 7.00. The van der Waals surface area contributed by atoms with Crippen LogP contribution in [-0.2, 0) is 4.79 Å². The monoisotopic (exact) mass is 412 g/mol. The first kappa shape index (κ1) is 19.8. The predicted molar refractivity (Wildman–Crippen MR) is 120 cm³/mol. The number of amidine groups is 2. The first-order valence-electron chi connectivity index (χ1n) is 9.44. The first-order valence-corrected chi connectivity index (χ1v) is 9.44. The number of aromatic amines is 1. The van der Waals surface area contributed by atoms with Crippen LogP contribution in [0.5, 0.6) is 5.75 Å². The van der Waals surface area contributed by atoms with E-state index in [1.54, 1.807) is 30.3 Å². The normalized spacial score (nSPS) is 10.7. The number of nitrogens with one attached hydrogen (secondary N) is 3. The number of carbonyl (C=O) groups is 1. The summed E-state index contributed by atoms with van der Waals surface area (Å²) in [5.41, 5.74) is 15.9. The Morgan fingerprint density at radius 1 is 0.935 bits per heavy atom. The molecule has 0 radical (unpaired) electrons. The number of rotatable bonds is 5. The van der Waals surface area contributed by atoms with Crippen molar-refractivity contribution in [1.82, 2.24) is 9.97 Å². The van der Waals surface area contributed by atoms with Gasteiger partial charge >= 0.3 is 5.97 Å². The van der Waals surface area contributed by atoms with Crippen molar-refractivity contribution in [3.05, 3.63) is 71.8 Å². The lowest BCUT2D eigenvalue weighted by Gasteiger charge is -2.13. The summed E-state index contributed by atoms with van der Waals surface area (Å²) in [5, 5.41) is 15.2. The minimum absolute atomic E-state index is 0.0206. The average molecular weight is 412 g/mol. The summed E-state index contributed by atoms with van der Waals surface area (Å²) in [5.74, 6) is 0.386. The molecule has 0 amide bonds. The van der Waals surface area contributed by atoms with Gasteiger partial charge in [0.25, 0.3) is 0 Å². The van der Waals surface area contributed by atoms with Crippen LogP contribution in [0, 0.1) is 10.8 Å². The van der Waals surface area contributed by atoms with Gasteiger partial charge in [0.2, 0.25) is 0 Å². The fourth-order valence-corrected chi connectivity index (χ4v) is 3.34. The van der Waals surface area contributed by atoms with Crippen molar-refractivity contribution in [2.24, 2.45) is 11.5 Å². The highest BCUT2D eigenvalue weighted by Gasteiger charge is 2.18. The van der Waals surface area contributed by atoms with Gasteiger partial charge in [-0.15, -0.1) is 0 Å². The number of fused-ring (bicyclic) bond motifs is 1. The highest BCUT2D eigenvalue weighted by Crippen LogP contribution is 2.39. The molecule has 154 valence electrons. The summed E-state index contributed by atoms with van der Waals surface area (Å²) in [7, 11) is 0. The van der Waals surface area contributed by atoms with Crippen molar-refractivity contribution in [2.45, 2.75) is 6.92 Å². The Labute approximate surface area is 177 Å². The Morgan fingerprint density at radius 3 is 2.23 bits per heavy atom. The summed E-state index contributed by atoms with van der Waals surface area (Å²) < 4.78 is 5.60. The number of hydrogen-bond acceptors (Lipinski definition) is 5. The molecule has 31 heavy (non-hydrogen) atoms. The smallest absolute Gasteiger partial charge is 0.308 e. The van der Waals surface area contributed by atoms with Crippen molar-refractivity contribution < 1.29 is 9.53 Å². The van der Waals surface area contributed by atoms with E-state index in [2.05, 4.69) is 9.97 Å². The van der Waals surface area contributed by atoms with Crippen LogP contribution in [-0.4, -0.2) is 27.6 Å². The quantitative estimate of drug-likeness (QED) is 0.147. The number of ether oxygens (including phenoxy) is 1. The molecule has 0 bridgehead atoms. The molecule has 7 N–H and O–H groups in total. The van der Waals surface area contributed by atoms with Crippen LogP contribution >= 0.6 is 0 Å². The van der Waals surface area contributed by atoms with E-state index in [0.717, 1.165) is 5.56 Å². The molecule has 0 fully saturated rings. The zero-order valence-corrected chi connectivity index (χ0v) is 16.7. The second kappa shape index (κ2) is 7.75. The molecule has 0 unspecified atom stereocenters. The van der Waals surface area contributed by atoms with Gasteiger partial charge in [-0.2, -0.15) is 0 Å². The molecule has 0 aliphatic heterocycles. The SMILES string of the molecule is CC(=O)Oc1c(-c2ccc(C(=N)N)cc2)cccc1-c1nc2ccc(C(=N)N)cc2[nH]1. The zero-order valence-electron chi connectivity index (χ0n) is 16.7. The molecule has 4 rings (SSSR count). The molecular formula is C23H20N6O2. The molecule has 0 atom stereocenters. The minimum atomic E-state index is -0.455. The lowest BCUT2D eigenvalue weighted by molar-refractivity contribution is -0.131. The molecule has 8 nitrogen and oxygen atoms in total. The summed E-state index contributed by atoms with van der Waals surface area (Å²) in [4.78, 5) is 19.7. The van der Waals surface area contributed by atoms with E-state index >= 15 is 0 Å². The van der Waals surface area contributed by atoms with Gasteiger partial charge < -0.3 is 21.2 Å². The van der Waals surface area contributed by atoms with Crippen molar-refractivity contribution in [1.29, 1.82) is 10.8 Å².